The molecule has 106 valence electrons. The highest BCUT2D eigenvalue weighted by Crippen LogP contribution is 2.34. The van der Waals surface area contributed by atoms with Gasteiger partial charge in [-0.1, -0.05) is 5.16 Å². The van der Waals surface area contributed by atoms with E-state index >= 15 is 0 Å². The molecule has 1 N–H and O–H groups in total. The van der Waals surface area contributed by atoms with Crippen LogP contribution in [0.1, 0.15) is 30.6 Å². The minimum Gasteiger partial charge on any atom is -0.381 e. The van der Waals surface area contributed by atoms with Gasteiger partial charge in [0.15, 0.2) is 0 Å². The summed E-state index contributed by atoms with van der Waals surface area (Å²) in [4.78, 5) is 4.50. The summed E-state index contributed by atoms with van der Waals surface area (Å²) in [7, 11) is 1.68. The highest BCUT2D eigenvalue weighted by Gasteiger charge is 2.39. The maximum atomic E-state index is 5.65. The van der Waals surface area contributed by atoms with Gasteiger partial charge in [-0.25, -0.2) is 0 Å². The number of morpholine rings is 1. The van der Waals surface area contributed by atoms with Crippen LogP contribution in [0, 0.1) is 0 Å². The fraction of sp³-hybridized carbons (Fsp3) is 0.833. The standard InChI is InChI=1S/C12H19N3O4/c1-16-12(2-5-17-6-3-12)11-14-10(19-15-11)9-8-18-7-4-13-9/h9,13H,2-8H2,1H3. The smallest absolute Gasteiger partial charge is 0.246 e. The minimum absolute atomic E-state index is 0.0243. The highest BCUT2D eigenvalue weighted by atomic mass is 16.5. The van der Waals surface area contributed by atoms with Gasteiger partial charge in [-0.05, 0) is 0 Å². The number of rotatable bonds is 3. The van der Waals surface area contributed by atoms with Crippen molar-refractivity contribution in [3.8, 4) is 0 Å². The van der Waals surface area contributed by atoms with E-state index in [0.717, 1.165) is 26.0 Å². The molecule has 0 radical (unpaired) electrons. The highest BCUT2D eigenvalue weighted by molar-refractivity contribution is 5.05. The van der Waals surface area contributed by atoms with Crippen molar-refractivity contribution in [2.45, 2.75) is 24.5 Å². The van der Waals surface area contributed by atoms with Crippen LogP contribution < -0.4 is 5.32 Å². The zero-order valence-electron chi connectivity index (χ0n) is 11.1. The molecule has 0 aromatic carbocycles. The second-order valence-electron chi connectivity index (χ2n) is 4.85. The number of hydrogen-bond donors (Lipinski definition) is 1. The lowest BCUT2D eigenvalue weighted by Crippen LogP contribution is -2.37. The Morgan fingerprint density at radius 2 is 2.11 bits per heavy atom. The van der Waals surface area contributed by atoms with Crippen molar-refractivity contribution in [3.63, 3.8) is 0 Å². The van der Waals surface area contributed by atoms with Crippen molar-refractivity contribution in [1.82, 2.24) is 15.5 Å². The average molecular weight is 269 g/mol. The van der Waals surface area contributed by atoms with Gasteiger partial charge in [0.25, 0.3) is 0 Å². The molecular formula is C12H19N3O4. The molecule has 0 amide bonds. The summed E-state index contributed by atoms with van der Waals surface area (Å²) in [5.41, 5.74) is -0.477. The number of ether oxygens (including phenoxy) is 3. The van der Waals surface area contributed by atoms with Crippen LogP contribution >= 0.6 is 0 Å². The van der Waals surface area contributed by atoms with Crippen LogP contribution in [0.5, 0.6) is 0 Å². The van der Waals surface area contributed by atoms with Gasteiger partial charge >= 0.3 is 0 Å². The third-order valence-corrected chi connectivity index (χ3v) is 3.76. The molecule has 7 heteroatoms. The van der Waals surface area contributed by atoms with Gasteiger partial charge in [0.1, 0.15) is 11.6 Å². The van der Waals surface area contributed by atoms with Crippen LogP contribution in [-0.2, 0) is 19.8 Å². The van der Waals surface area contributed by atoms with Gasteiger partial charge in [-0.15, -0.1) is 0 Å². The minimum atomic E-state index is -0.477. The topological polar surface area (TPSA) is 78.6 Å². The van der Waals surface area contributed by atoms with E-state index in [4.69, 9.17) is 18.7 Å². The molecule has 0 saturated carbocycles. The van der Waals surface area contributed by atoms with E-state index in [1.807, 2.05) is 0 Å². The van der Waals surface area contributed by atoms with Crippen molar-refractivity contribution in [1.29, 1.82) is 0 Å². The first-order chi connectivity index (χ1) is 9.34. The Kier molecular flexibility index (Phi) is 3.79. The number of aromatic nitrogens is 2. The Morgan fingerprint density at radius 1 is 1.26 bits per heavy atom. The fourth-order valence-corrected chi connectivity index (χ4v) is 2.51. The van der Waals surface area contributed by atoms with E-state index < -0.39 is 5.60 Å². The van der Waals surface area contributed by atoms with Gasteiger partial charge in [0.2, 0.25) is 11.7 Å². The molecule has 0 bridgehead atoms. The summed E-state index contributed by atoms with van der Waals surface area (Å²) in [6.07, 6.45) is 1.49. The number of nitrogens with one attached hydrogen (secondary N) is 1. The van der Waals surface area contributed by atoms with Crippen LogP contribution in [0.25, 0.3) is 0 Å². The van der Waals surface area contributed by atoms with Gasteiger partial charge in [0.05, 0.1) is 13.2 Å². The fourth-order valence-electron chi connectivity index (χ4n) is 2.51. The van der Waals surface area contributed by atoms with Crippen molar-refractivity contribution in [3.05, 3.63) is 11.7 Å². The lowest BCUT2D eigenvalue weighted by molar-refractivity contribution is -0.101. The molecule has 1 aromatic heterocycles. The van der Waals surface area contributed by atoms with Crippen LogP contribution in [0.15, 0.2) is 4.52 Å². The number of nitrogens with zero attached hydrogens (tertiary/aromatic N) is 2. The molecule has 0 spiro atoms. The van der Waals surface area contributed by atoms with Crippen LogP contribution in [0.3, 0.4) is 0 Å². The van der Waals surface area contributed by atoms with E-state index in [0.29, 0.717) is 31.5 Å². The zero-order chi connectivity index (χ0) is 13.1. The molecule has 1 unspecified atom stereocenters. The molecule has 2 aliphatic rings. The summed E-state index contributed by atoms with van der Waals surface area (Å²) < 4.78 is 21.8. The maximum absolute atomic E-state index is 5.65. The normalized spacial score (nSPS) is 27.3. The van der Waals surface area contributed by atoms with Crippen molar-refractivity contribution >= 4 is 0 Å². The van der Waals surface area contributed by atoms with E-state index in [-0.39, 0.29) is 6.04 Å². The third-order valence-electron chi connectivity index (χ3n) is 3.76. The lowest BCUT2D eigenvalue weighted by atomic mass is 9.93. The first-order valence-corrected chi connectivity index (χ1v) is 6.62. The molecule has 1 aromatic rings. The zero-order valence-corrected chi connectivity index (χ0v) is 11.1. The summed E-state index contributed by atoms with van der Waals surface area (Å²) in [5.74, 6) is 1.18. The third kappa shape index (κ3) is 2.51. The predicted octanol–water partition coefficient (Wildman–Crippen LogP) is 0.383. The molecule has 1 atom stereocenters. The largest absolute Gasteiger partial charge is 0.381 e. The van der Waals surface area contributed by atoms with Gasteiger partial charge in [0, 0.05) is 39.7 Å². The van der Waals surface area contributed by atoms with E-state index in [2.05, 4.69) is 15.5 Å². The summed E-state index contributed by atoms with van der Waals surface area (Å²) >= 11 is 0. The Hall–Kier alpha value is -1.02. The van der Waals surface area contributed by atoms with Crippen molar-refractivity contribution in [2.24, 2.45) is 0 Å². The number of methoxy groups -OCH3 is 1. The molecule has 2 aliphatic heterocycles. The molecule has 2 saturated heterocycles. The Morgan fingerprint density at radius 3 is 2.79 bits per heavy atom. The van der Waals surface area contributed by atoms with Gasteiger partial charge in [-0.2, -0.15) is 4.98 Å². The quantitative estimate of drug-likeness (QED) is 0.850. The summed E-state index contributed by atoms with van der Waals surface area (Å²) in [6.45, 7) is 3.39. The van der Waals surface area contributed by atoms with E-state index in [1.165, 1.54) is 0 Å². The van der Waals surface area contributed by atoms with E-state index in [9.17, 15) is 0 Å². The summed E-state index contributed by atoms with van der Waals surface area (Å²) in [5, 5.41) is 7.39. The van der Waals surface area contributed by atoms with Crippen molar-refractivity contribution < 1.29 is 18.7 Å². The molecule has 0 aliphatic carbocycles. The molecule has 19 heavy (non-hydrogen) atoms. The summed E-state index contributed by atoms with van der Waals surface area (Å²) in [6, 6.07) is -0.0243. The molecular weight excluding hydrogens is 250 g/mol. The average Bonchev–Trinajstić information content (AvgIpc) is 2.99. The molecule has 3 heterocycles. The lowest BCUT2D eigenvalue weighted by Gasteiger charge is -2.32. The van der Waals surface area contributed by atoms with Gasteiger partial charge < -0.3 is 24.1 Å². The SMILES string of the molecule is COC1(c2noc(C3COCCN3)n2)CCOCC1. The van der Waals surface area contributed by atoms with Crippen LogP contribution in [0.2, 0.25) is 0 Å². The van der Waals surface area contributed by atoms with Crippen LogP contribution in [-0.4, -0.2) is 50.2 Å². The Bertz CT molecular complexity index is 411. The van der Waals surface area contributed by atoms with E-state index in [1.54, 1.807) is 7.11 Å². The predicted molar refractivity (Wildman–Crippen MR) is 64.6 cm³/mol. The second-order valence-corrected chi connectivity index (χ2v) is 4.85. The molecule has 2 fully saturated rings. The molecule has 7 nitrogen and oxygen atoms in total. The van der Waals surface area contributed by atoms with Crippen LogP contribution in [0.4, 0.5) is 0 Å². The van der Waals surface area contributed by atoms with Crippen molar-refractivity contribution in [2.75, 3.05) is 40.1 Å². The Labute approximate surface area is 111 Å². The second kappa shape index (κ2) is 5.54. The molecule has 3 rings (SSSR count). The monoisotopic (exact) mass is 269 g/mol. The number of hydrogen-bond acceptors (Lipinski definition) is 7. The first-order valence-electron chi connectivity index (χ1n) is 6.62. The van der Waals surface area contributed by atoms with Gasteiger partial charge in [-0.3, -0.25) is 0 Å². The maximum Gasteiger partial charge on any atom is 0.246 e. The Balaban J connectivity index is 1.79. The first kappa shape index (κ1) is 13.0.